The van der Waals surface area contributed by atoms with Crippen molar-refractivity contribution in [2.24, 2.45) is 0 Å². The lowest BCUT2D eigenvalue weighted by molar-refractivity contribution is -0.111. The Kier molecular flexibility index (Phi) is 35.2. The summed E-state index contributed by atoms with van der Waals surface area (Å²) in [6.07, 6.45) is 2.32. The number of hydrogen-bond acceptors (Lipinski definition) is 17. The first-order valence-corrected chi connectivity index (χ1v) is 23.3. The molecular weight excluding hydrogens is 713 g/mol. The number of carbonyl (C=O) groups is 3. The molecule has 0 spiro atoms. The van der Waals surface area contributed by atoms with Crippen LogP contribution in [0.25, 0.3) is 0 Å². The van der Waals surface area contributed by atoms with Crippen LogP contribution in [0.3, 0.4) is 0 Å². The Labute approximate surface area is 281 Å². The van der Waals surface area contributed by atoms with Crippen molar-refractivity contribution in [3.05, 3.63) is 0 Å². The van der Waals surface area contributed by atoms with E-state index in [1.54, 1.807) is 58.8 Å². The summed E-state index contributed by atoms with van der Waals surface area (Å²) in [7, 11) is 0. The third kappa shape index (κ3) is 33.1. The molecule has 6 nitrogen and oxygen atoms in total. The van der Waals surface area contributed by atoms with Gasteiger partial charge in [-0.15, -0.1) is 47.0 Å². The molecule has 0 aliphatic heterocycles. The molecule has 0 aliphatic rings. The number of carbonyl (C=O) groups excluding carboxylic acids is 3. The van der Waals surface area contributed by atoms with Crippen LogP contribution in [0.5, 0.6) is 0 Å². The van der Waals surface area contributed by atoms with E-state index >= 15 is 0 Å². The van der Waals surface area contributed by atoms with Crippen LogP contribution in [-0.4, -0.2) is 110 Å². The SMILES string of the molecule is O=C(CCSCCC(=O)SCSCSCO)SCCSCCOC(=S)CCSCCC(=O)SCSCSCO. The van der Waals surface area contributed by atoms with E-state index in [0.29, 0.717) is 37.3 Å². The molecule has 0 saturated heterocycles. The van der Waals surface area contributed by atoms with Crippen LogP contribution < -0.4 is 0 Å². The summed E-state index contributed by atoms with van der Waals surface area (Å²) in [5.41, 5.74) is 0. The fourth-order valence-electron chi connectivity index (χ4n) is 2.12. The molecule has 0 aromatic heterocycles. The zero-order valence-electron chi connectivity index (χ0n) is 21.7. The Bertz CT molecular complexity index is 594. The minimum Gasteiger partial charge on any atom is -0.486 e. The molecule has 0 heterocycles. The van der Waals surface area contributed by atoms with Gasteiger partial charge >= 0.3 is 0 Å². The Morgan fingerprint density at radius 1 is 0.513 bits per heavy atom. The summed E-state index contributed by atoms with van der Waals surface area (Å²) in [6, 6.07) is 0. The van der Waals surface area contributed by atoms with Crippen molar-refractivity contribution in [3.63, 3.8) is 0 Å². The van der Waals surface area contributed by atoms with E-state index in [1.165, 1.54) is 58.8 Å². The van der Waals surface area contributed by atoms with Crippen LogP contribution in [-0.2, 0) is 19.1 Å². The van der Waals surface area contributed by atoms with Crippen molar-refractivity contribution in [2.75, 3.05) is 79.1 Å². The number of thiocarbonyl (C=S) groups is 1. The number of ether oxygens (including phenoxy) is 1. The molecule has 0 fully saturated rings. The lowest BCUT2D eigenvalue weighted by Crippen LogP contribution is -2.07. The standard InChI is InChI=1S/C22H38O6S11/c23-13-33-15-35-17-38-20(26)2-7-30-6-1-19(25)37-12-11-32-10-5-28-22(29)4-9-31-8-3-21(27)39-18-36-16-34-14-24/h23-24H,1-18H2. The van der Waals surface area contributed by atoms with E-state index in [2.05, 4.69) is 0 Å². The summed E-state index contributed by atoms with van der Waals surface area (Å²) >= 11 is 20.6. The summed E-state index contributed by atoms with van der Waals surface area (Å²) in [5, 5.41) is 21.6. The van der Waals surface area contributed by atoms with Gasteiger partial charge in [0.05, 0.1) is 18.5 Å². The molecule has 0 bridgehead atoms. The zero-order chi connectivity index (χ0) is 28.8. The van der Waals surface area contributed by atoms with E-state index < -0.39 is 0 Å². The first-order chi connectivity index (χ1) is 19.0. The fourth-order valence-corrected chi connectivity index (χ4v) is 11.8. The smallest absolute Gasteiger partial charge is 0.190 e. The van der Waals surface area contributed by atoms with Gasteiger partial charge in [-0.05, 0) is 12.2 Å². The molecule has 0 aromatic carbocycles. The maximum atomic E-state index is 12.0. The quantitative estimate of drug-likeness (QED) is 0.0514. The van der Waals surface area contributed by atoms with Crippen molar-refractivity contribution in [1.82, 2.24) is 0 Å². The lowest BCUT2D eigenvalue weighted by atomic mass is 10.5. The molecule has 0 aromatic rings. The maximum Gasteiger partial charge on any atom is 0.190 e. The largest absolute Gasteiger partial charge is 0.486 e. The van der Waals surface area contributed by atoms with Crippen LogP contribution in [0, 0.1) is 0 Å². The number of aliphatic hydroxyl groups excluding tert-OH is 2. The summed E-state index contributed by atoms with van der Waals surface area (Å²) in [5.74, 6) is 5.89. The molecule has 0 atom stereocenters. The molecule has 0 unspecified atom stereocenters. The van der Waals surface area contributed by atoms with Gasteiger partial charge in [-0.25, -0.2) is 0 Å². The predicted molar refractivity (Wildman–Crippen MR) is 196 cm³/mol. The van der Waals surface area contributed by atoms with Gasteiger partial charge in [0, 0.05) is 86.3 Å². The summed E-state index contributed by atoms with van der Waals surface area (Å²) < 4.78 is 5.60. The molecular formula is C22H38O6S11. The zero-order valence-corrected chi connectivity index (χ0v) is 30.7. The van der Waals surface area contributed by atoms with Crippen LogP contribution in [0.2, 0.25) is 0 Å². The Morgan fingerprint density at radius 3 is 1.49 bits per heavy atom. The van der Waals surface area contributed by atoms with E-state index in [0.717, 1.165) is 60.6 Å². The van der Waals surface area contributed by atoms with E-state index in [-0.39, 0.29) is 27.2 Å². The molecule has 0 rings (SSSR count). The highest BCUT2D eigenvalue weighted by Gasteiger charge is 2.07. The van der Waals surface area contributed by atoms with Crippen LogP contribution in [0.4, 0.5) is 0 Å². The van der Waals surface area contributed by atoms with Crippen molar-refractivity contribution >= 4 is 150 Å². The average molecular weight is 751 g/mol. The average Bonchev–Trinajstić information content (AvgIpc) is 2.91. The predicted octanol–water partition coefficient (Wildman–Crippen LogP) is 6.53. The Balaban J connectivity index is 3.41. The van der Waals surface area contributed by atoms with Crippen LogP contribution in [0.1, 0.15) is 25.7 Å². The van der Waals surface area contributed by atoms with Gasteiger partial charge in [0.15, 0.2) is 20.4 Å². The molecule has 39 heavy (non-hydrogen) atoms. The second-order valence-electron chi connectivity index (χ2n) is 6.86. The summed E-state index contributed by atoms with van der Waals surface area (Å²) in [6.45, 7) is 0.572. The maximum absolute atomic E-state index is 12.0. The van der Waals surface area contributed by atoms with Gasteiger partial charge < -0.3 is 14.9 Å². The van der Waals surface area contributed by atoms with Gasteiger partial charge in [0.25, 0.3) is 0 Å². The minimum atomic E-state index is 0.114. The summed E-state index contributed by atoms with van der Waals surface area (Å²) in [4.78, 5) is 35.5. The fraction of sp³-hybridized carbons (Fsp3) is 0.818. The third-order valence-electron chi connectivity index (χ3n) is 3.91. The normalized spacial score (nSPS) is 11.0. The highest BCUT2D eigenvalue weighted by molar-refractivity contribution is 8.27. The molecule has 228 valence electrons. The van der Waals surface area contributed by atoms with Crippen molar-refractivity contribution in [3.8, 4) is 0 Å². The highest BCUT2D eigenvalue weighted by Crippen LogP contribution is 2.21. The Hall–Kier alpha value is 2.32. The molecule has 2 N–H and O–H groups in total. The van der Waals surface area contributed by atoms with Crippen molar-refractivity contribution in [1.29, 1.82) is 0 Å². The topological polar surface area (TPSA) is 101 Å². The number of hydrogen-bond donors (Lipinski definition) is 2. The molecule has 0 amide bonds. The van der Waals surface area contributed by atoms with Gasteiger partial charge in [-0.3, -0.25) is 14.4 Å². The number of thioether (sulfide) groups is 10. The number of aliphatic hydroxyl groups is 2. The van der Waals surface area contributed by atoms with Gasteiger partial charge in [-0.1, -0.05) is 35.3 Å². The van der Waals surface area contributed by atoms with Gasteiger partial charge in [0.1, 0.15) is 0 Å². The first-order valence-electron chi connectivity index (χ1n) is 11.9. The molecule has 0 saturated carbocycles. The van der Waals surface area contributed by atoms with Crippen molar-refractivity contribution in [2.45, 2.75) is 25.7 Å². The highest BCUT2D eigenvalue weighted by atomic mass is 32.2. The molecule has 0 radical (unpaired) electrons. The number of rotatable bonds is 28. The molecule has 0 aliphatic carbocycles. The first kappa shape index (κ1) is 41.3. The minimum absolute atomic E-state index is 0.114. The van der Waals surface area contributed by atoms with Gasteiger partial charge in [0.2, 0.25) is 0 Å². The third-order valence-corrected chi connectivity index (χ3v) is 14.7. The van der Waals surface area contributed by atoms with Gasteiger partial charge in [-0.2, -0.15) is 35.3 Å². The van der Waals surface area contributed by atoms with E-state index in [9.17, 15) is 14.4 Å². The Morgan fingerprint density at radius 2 is 0.974 bits per heavy atom. The second kappa shape index (κ2) is 33.2. The monoisotopic (exact) mass is 750 g/mol. The van der Waals surface area contributed by atoms with E-state index in [4.69, 9.17) is 27.2 Å². The van der Waals surface area contributed by atoms with Crippen molar-refractivity contribution < 1.29 is 29.3 Å². The van der Waals surface area contributed by atoms with E-state index in [1.807, 2.05) is 0 Å². The van der Waals surface area contributed by atoms with Crippen LogP contribution >= 0.6 is 130 Å². The van der Waals surface area contributed by atoms with Crippen LogP contribution in [0.15, 0.2) is 0 Å². The second-order valence-corrected chi connectivity index (χ2v) is 19.5. The molecule has 17 heteroatoms. The lowest BCUT2D eigenvalue weighted by Gasteiger charge is -2.07.